The molecule has 0 saturated heterocycles. The van der Waals surface area contributed by atoms with Gasteiger partial charge in [0.1, 0.15) is 6.07 Å². The molecule has 0 spiro atoms. The predicted octanol–water partition coefficient (Wildman–Crippen LogP) is 10.8. The maximum Gasteiger partial charge on any atom is 0.102 e. The van der Waals surface area contributed by atoms with Gasteiger partial charge in [0.2, 0.25) is 0 Å². The van der Waals surface area contributed by atoms with Crippen LogP contribution in [0, 0.1) is 22.7 Å². The number of benzene rings is 6. The van der Waals surface area contributed by atoms with E-state index in [0.29, 0.717) is 11.1 Å². The van der Waals surface area contributed by atoms with Crippen LogP contribution >= 0.6 is 0 Å². The third-order valence-corrected chi connectivity index (χ3v) is 9.71. The van der Waals surface area contributed by atoms with E-state index in [9.17, 15) is 10.5 Å². The van der Waals surface area contributed by atoms with E-state index in [1.807, 2.05) is 24.3 Å². The molecular formula is C44H28N4. The van der Waals surface area contributed by atoms with Crippen molar-refractivity contribution in [2.24, 2.45) is 0 Å². The first-order valence-electron chi connectivity index (χ1n) is 16.2. The average Bonchev–Trinajstić information content (AvgIpc) is 3.67. The lowest BCUT2D eigenvalue weighted by molar-refractivity contribution is 0.966. The number of para-hydroxylation sites is 3. The minimum atomic E-state index is 0.620. The van der Waals surface area contributed by atoms with Gasteiger partial charge in [-0.2, -0.15) is 10.5 Å². The van der Waals surface area contributed by atoms with Crippen LogP contribution in [0.3, 0.4) is 0 Å². The molecule has 0 atom stereocenters. The van der Waals surface area contributed by atoms with Gasteiger partial charge in [0.15, 0.2) is 0 Å². The number of aryl methyl sites for hydroxylation is 1. The first-order valence-corrected chi connectivity index (χ1v) is 16.2. The van der Waals surface area contributed by atoms with E-state index in [1.165, 1.54) is 10.9 Å². The molecule has 6 aromatic carbocycles. The summed E-state index contributed by atoms with van der Waals surface area (Å²) >= 11 is 0. The highest BCUT2D eigenvalue weighted by atomic mass is 15.0. The molecule has 4 nitrogen and oxygen atoms in total. The molecule has 2 heterocycles. The minimum Gasteiger partial charge on any atom is -0.309 e. The van der Waals surface area contributed by atoms with Gasteiger partial charge in [-0.25, -0.2) is 0 Å². The smallest absolute Gasteiger partial charge is 0.102 e. The molecule has 0 unspecified atom stereocenters. The third kappa shape index (κ3) is 4.07. The van der Waals surface area contributed by atoms with Crippen LogP contribution in [0.15, 0.2) is 140 Å². The zero-order valence-electron chi connectivity index (χ0n) is 26.1. The Bertz CT molecular complexity index is 2700. The van der Waals surface area contributed by atoms with Gasteiger partial charge < -0.3 is 9.13 Å². The van der Waals surface area contributed by atoms with Gasteiger partial charge in [-0.1, -0.05) is 103 Å². The summed E-state index contributed by atoms with van der Waals surface area (Å²) in [6.45, 7) is 0. The lowest BCUT2D eigenvalue weighted by Crippen LogP contribution is -2.04. The second-order valence-electron chi connectivity index (χ2n) is 12.2. The Balaban J connectivity index is 1.30. The molecule has 48 heavy (non-hydrogen) atoms. The van der Waals surface area contributed by atoms with E-state index in [0.717, 1.165) is 79.5 Å². The van der Waals surface area contributed by atoms with Crippen LogP contribution in [0.2, 0.25) is 0 Å². The van der Waals surface area contributed by atoms with E-state index in [-0.39, 0.29) is 0 Å². The van der Waals surface area contributed by atoms with Crippen molar-refractivity contribution in [1.29, 1.82) is 10.5 Å². The molecule has 1 aliphatic rings. The van der Waals surface area contributed by atoms with E-state index < -0.39 is 0 Å². The van der Waals surface area contributed by atoms with Crippen molar-refractivity contribution in [3.05, 3.63) is 162 Å². The Morgan fingerprint density at radius 1 is 0.500 bits per heavy atom. The van der Waals surface area contributed by atoms with E-state index >= 15 is 0 Å². The first-order chi connectivity index (χ1) is 23.8. The predicted molar refractivity (Wildman–Crippen MR) is 195 cm³/mol. The van der Waals surface area contributed by atoms with Crippen LogP contribution in [0.4, 0.5) is 0 Å². The van der Waals surface area contributed by atoms with Gasteiger partial charge in [0, 0.05) is 33.0 Å². The van der Waals surface area contributed by atoms with Gasteiger partial charge in [0.05, 0.1) is 45.1 Å². The molecule has 0 fully saturated rings. The van der Waals surface area contributed by atoms with Crippen LogP contribution in [0.25, 0.3) is 72.4 Å². The molecule has 224 valence electrons. The van der Waals surface area contributed by atoms with Crippen molar-refractivity contribution >= 4 is 38.8 Å². The normalized spacial score (nSPS) is 12.3. The van der Waals surface area contributed by atoms with Crippen LogP contribution in [-0.4, -0.2) is 9.13 Å². The standard InChI is InChI=1S/C44H28N4/c45-27-29-24-25-37-36-17-6-10-22-42(36)48(44(37)26-29)39-19-7-3-14-33(39)31-13-2-1-12-30(31)32-18-11-23-43(38(32)28-46)47-40-20-8-4-15-34(40)35-16-5-9-21-41(35)47/h1-4,6-15,17-26H,5,16H2. The van der Waals surface area contributed by atoms with Crippen molar-refractivity contribution < 1.29 is 0 Å². The molecule has 0 radical (unpaired) electrons. The highest BCUT2D eigenvalue weighted by Crippen LogP contribution is 2.42. The fraction of sp³-hybridized carbons (Fsp3) is 0.0455. The number of nitrogens with zero attached hydrogens (tertiary/aromatic N) is 4. The number of aromatic nitrogens is 2. The summed E-state index contributed by atoms with van der Waals surface area (Å²) in [5.74, 6) is 0. The Labute approximate surface area is 278 Å². The number of hydrogen-bond acceptors (Lipinski definition) is 2. The van der Waals surface area contributed by atoms with E-state index in [4.69, 9.17) is 0 Å². The van der Waals surface area contributed by atoms with Crippen molar-refractivity contribution in [3.63, 3.8) is 0 Å². The van der Waals surface area contributed by atoms with Gasteiger partial charge in [0.25, 0.3) is 0 Å². The Morgan fingerprint density at radius 2 is 1.12 bits per heavy atom. The second kappa shape index (κ2) is 11.0. The average molecular weight is 613 g/mol. The van der Waals surface area contributed by atoms with Crippen molar-refractivity contribution in [1.82, 2.24) is 9.13 Å². The van der Waals surface area contributed by atoms with E-state index in [1.54, 1.807) is 0 Å². The van der Waals surface area contributed by atoms with Gasteiger partial charge in [-0.05, 0) is 72.0 Å². The van der Waals surface area contributed by atoms with Crippen molar-refractivity contribution in [2.75, 3.05) is 0 Å². The topological polar surface area (TPSA) is 57.4 Å². The molecule has 2 aromatic heterocycles. The zero-order valence-corrected chi connectivity index (χ0v) is 26.1. The molecule has 0 bridgehead atoms. The maximum absolute atomic E-state index is 10.9. The summed E-state index contributed by atoms with van der Waals surface area (Å²) < 4.78 is 4.54. The van der Waals surface area contributed by atoms with Crippen LogP contribution in [-0.2, 0) is 6.42 Å². The first kappa shape index (κ1) is 27.7. The van der Waals surface area contributed by atoms with Crippen molar-refractivity contribution in [3.8, 4) is 45.8 Å². The summed E-state index contributed by atoms with van der Waals surface area (Å²) in [6.07, 6.45) is 6.44. The highest BCUT2D eigenvalue weighted by molar-refractivity contribution is 6.10. The third-order valence-electron chi connectivity index (χ3n) is 9.71. The minimum absolute atomic E-state index is 0.620. The Morgan fingerprint density at radius 3 is 1.92 bits per heavy atom. The van der Waals surface area contributed by atoms with Crippen LogP contribution in [0.5, 0.6) is 0 Å². The molecule has 4 heteroatoms. The Hall–Kier alpha value is -6.62. The van der Waals surface area contributed by atoms with Gasteiger partial charge >= 0.3 is 0 Å². The zero-order chi connectivity index (χ0) is 32.2. The number of hydrogen-bond donors (Lipinski definition) is 0. The van der Waals surface area contributed by atoms with Gasteiger partial charge in [-0.15, -0.1) is 0 Å². The molecule has 0 amide bonds. The lowest BCUT2D eigenvalue weighted by Gasteiger charge is -2.19. The van der Waals surface area contributed by atoms with Crippen molar-refractivity contribution in [2.45, 2.75) is 12.8 Å². The van der Waals surface area contributed by atoms with Crippen LogP contribution < -0.4 is 0 Å². The molecule has 8 aromatic rings. The van der Waals surface area contributed by atoms with Gasteiger partial charge in [-0.3, -0.25) is 0 Å². The molecule has 1 aliphatic carbocycles. The maximum atomic E-state index is 10.9. The molecule has 9 rings (SSSR count). The fourth-order valence-corrected chi connectivity index (χ4v) is 7.66. The molecule has 0 saturated carbocycles. The number of nitriles is 2. The number of allylic oxidation sites excluding steroid dienone is 1. The van der Waals surface area contributed by atoms with E-state index in [2.05, 4.69) is 143 Å². The lowest BCUT2D eigenvalue weighted by atomic mass is 9.90. The Kier molecular flexibility index (Phi) is 6.35. The van der Waals surface area contributed by atoms with Crippen LogP contribution in [0.1, 0.15) is 28.8 Å². The quantitative estimate of drug-likeness (QED) is 0.199. The fourth-order valence-electron chi connectivity index (χ4n) is 7.66. The largest absolute Gasteiger partial charge is 0.309 e. The number of fused-ring (bicyclic) bond motifs is 6. The summed E-state index contributed by atoms with van der Waals surface area (Å²) in [4.78, 5) is 0. The summed E-state index contributed by atoms with van der Waals surface area (Å²) in [7, 11) is 0. The molecule has 0 N–H and O–H groups in total. The number of rotatable bonds is 4. The monoisotopic (exact) mass is 612 g/mol. The summed E-state index contributed by atoms with van der Waals surface area (Å²) in [5.41, 5.74) is 12.8. The highest BCUT2D eigenvalue weighted by Gasteiger charge is 2.23. The molecular weight excluding hydrogens is 585 g/mol. The SMILES string of the molecule is N#Cc1ccc2c3ccccc3n(-c3ccccc3-c3ccccc3-c3cccc(-n4c5c(c6ccccc64)CCC=C5)c3C#N)c2c1. The summed E-state index contributed by atoms with van der Waals surface area (Å²) in [5, 5.41) is 24.2. The molecule has 0 aliphatic heterocycles. The second-order valence-corrected chi connectivity index (χ2v) is 12.2. The summed E-state index contributed by atoms with van der Waals surface area (Å²) in [6, 6.07) is 50.8.